The molecule has 7 heteroatoms. The summed E-state index contributed by atoms with van der Waals surface area (Å²) in [5.41, 5.74) is 4.33. The number of hydrogen-bond donors (Lipinski definition) is 2. The van der Waals surface area contributed by atoms with Crippen molar-refractivity contribution in [2.24, 2.45) is 5.92 Å². The van der Waals surface area contributed by atoms with Crippen LogP contribution in [0.5, 0.6) is 5.75 Å². The second-order valence-electron chi connectivity index (χ2n) is 7.70. The molecule has 0 bridgehead atoms. The Morgan fingerprint density at radius 2 is 2.06 bits per heavy atom. The fourth-order valence-corrected chi connectivity index (χ4v) is 3.58. The molecular weight excluding hydrogens is 414 g/mol. The van der Waals surface area contributed by atoms with Gasteiger partial charge < -0.3 is 9.84 Å². The normalized spacial score (nSPS) is 17.1. The summed E-state index contributed by atoms with van der Waals surface area (Å²) in [4.78, 5) is 11.2. The van der Waals surface area contributed by atoms with Gasteiger partial charge in [0.05, 0.1) is 24.1 Å². The van der Waals surface area contributed by atoms with Crippen molar-refractivity contribution in [1.29, 1.82) is 0 Å². The highest BCUT2D eigenvalue weighted by molar-refractivity contribution is 5.91. The van der Waals surface area contributed by atoms with Crippen LogP contribution in [0.3, 0.4) is 0 Å². The summed E-state index contributed by atoms with van der Waals surface area (Å²) in [6.07, 6.45) is 7.45. The van der Waals surface area contributed by atoms with Gasteiger partial charge in [-0.05, 0) is 62.6 Å². The zero-order chi connectivity index (χ0) is 23.4. The number of H-pyrrole nitrogens is 1. The van der Waals surface area contributed by atoms with Gasteiger partial charge in [-0.2, -0.15) is 5.10 Å². The number of aromatic amines is 1. The number of aromatic nitrogens is 2. The Kier molecular flexibility index (Phi) is 7.08. The topological polar surface area (TPSA) is 75.2 Å². The molecule has 1 atom stereocenters. The molecule has 0 saturated carbocycles. The fourth-order valence-electron chi connectivity index (χ4n) is 3.58. The van der Waals surface area contributed by atoms with E-state index in [4.69, 9.17) is 4.74 Å². The summed E-state index contributed by atoms with van der Waals surface area (Å²) in [5.74, 6) is -3.14. The maximum atomic E-state index is 14.6. The van der Waals surface area contributed by atoms with Crippen molar-refractivity contribution in [2.75, 3.05) is 7.11 Å². The summed E-state index contributed by atoms with van der Waals surface area (Å²) < 4.78 is 34.4. The number of allylic oxidation sites excluding steroid dienone is 5. The van der Waals surface area contributed by atoms with Gasteiger partial charge in [0.25, 0.3) is 0 Å². The Hall–Kier alpha value is -3.48. The minimum Gasteiger partial charge on any atom is -0.496 e. The third-order valence-electron chi connectivity index (χ3n) is 5.50. The minimum absolute atomic E-state index is 0.0301. The molecule has 1 aliphatic carbocycles. The lowest BCUT2D eigenvalue weighted by atomic mass is 9.91. The highest BCUT2D eigenvalue weighted by atomic mass is 19.1. The molecule has 168 valence electrons. The van der Waals surface area contributed by atoms with Crippen molar-refractivity contribution in [3.05, 3.63) is 70.1 Å². The number of carbonyl (C=O) groups is 1. The van der Waals surface area contributed by atoms with E-state index in [1.807, 2.05) is 19.9 Å². The molecule has 1 heterocycles. The van der Waals surface area contributed by atoms with E-state index in [1.54, 1.807) is 31.2 Å². The van der Waals surface area contributed by atoms with E-state index < -0.39 is 23.5 Å². The van der Waals surface area contributed by atoms with Crippen molar-refractivity contribution in [3.63, 3.8) is 0 Å². The van der Waals surface area contributed by atoms with Gasteiger partial charge in [0, 0.05) is 11.1 Å². The maximum absolute atomic E-state index is 14.6. The molecule has 0 aliphatic heterocycles. The number of nitrogens with zero attached hydrogens (tertiary/aromatic N) is 1. The Labute approximate surface area is 185 Å². The van der Waals surface area contributed by atoms with E-state index >= 15 is 0 Å². The first kappa shape index (κ1) is 23.2. The fraction of sp³-hybridized carbons (Fsp3) is 0.280. The van der Waals surface area contributed by atoms with Gasteiger partial charge in [-0.25, -0.2) is 8.78 Å². The van der Waals surface area contributed by atoms with Gasteiger partial charge in [-0.15, -0.1) is 0 Å². The third-order valence-corrected chi connectivity index (χ3v) is 5.50. The molecule has 0 fully saturated rings. The average molecular weight is 440 g/mol. The van der Waals surface area contributed by atoms with Gasteiger partial charge in [0.1, 0.15) is 23.3 Å². The highest BCUT2D eigenvalue weighted by Crippen LogP contribution is 2.35. The summed E-state index contributed by atoms with van der Waals surface area (Å²) in [7, 11) is 1.48. The summed E-state index contributed by atoms with van der Waals surface area (Å²) in [6, 6.07) is 4.62. The number of hydrogen-bond acceptors (Lipinski definition) is 3. The molecule has 0 spiro atoms. The van der Waals surface area contributed by atoms with Crippen molar-refractivity contribution in [2.45, 2.75) is 33.6 Å². The van der Waals surface area contributed by atoms with Crippen molar-refractivity contribution >= 4 is 29.3 Å². The van der Waals surface area contributed by atoms with Crippen LogP contribution in [-0.4, -0.2) is 28.4 Å². The monoisotopic (exact) mass is 440 g/mol. The molecule has 1 unspecified atom stereocenters. The molecule has 5 nitrogen and oxygen atoms in total. The van der Waals surface area contributed by atoms with Crippen LogP contribution < -0.4 is 4.74 Å². The largest absolute Gasteiger partial charge is 0.496 e. The number of nitrogens with one attached hydrogen (secondary N) is 1. The summed E-state index contributed by atoms with van der Waals surface area (Å²) >= 11 is 0. The Balaban J connectivity index is 2.16. The lowest BCUT2D eigenvalue weighted by Crippen LogP contribution is -2.16. The Morgan fingerprint density at radius 3 is 2.69 bits per heavy atom. The van der Waals surface area contributed by atoms with Crippen LogP contribution >= 0.6 is 0 Å². The molecule has 1 aromatic carbocycles. The van der Waals surface area contributed by atoms with Gasteiger partial charge in [0.15, 0.2) is 0 Å². The quantitative estimate of drug-likeness (QED) is 0.532. The van der Waals surface area contributed by atoms with E-state index in [1.165, 1.54) is 19.3 Å². The lowest BCUT2D eigenvalue weighted by molar-refractivity contribution is -0.140. The number of carboxylic acids is 1. The first-order valence-corrected chi connectivity index (χ1v) is 10.3. The number of halogens is 2. The van der Waals surface area contributed by atoms with Crippen LogP contribution in [0, 0.1) is 11.7 Å². The van der Waals surface area contributed by atoms with Crippen LogP contribution in [0.2, 0.25) is 0 Å². The molecule has 0 radical (unpaired) electrons. The maximum Gasteiger partial charge on any atom is 0.313 e. The van der Waals surface area contributed by atoms with Crippen LogP contribution in [0.4, 0.5) is 8.78 Å². The van der Waals surface area contributed by atoms with Gasteiger partial charge in [0.2, 0.25) is 0 Å². The third kappa shape index (κ3) is 4.72. The zero-order valence-corrected chi connectivity index (χ0v) is 18.5. The smallest absolute Gasteiger partial charge is 0.313 e. The van der Waals surface area contributed by atoms with Crippen LogP contribution in [0.25, 0.3) is 23.3 Å². The number of benzene rings is 1. The SMILES string of the molecule is CC/C(C)=C/c1[nH]nc(C2=CCC(C(=O)O)C(F)=C2)c1/C=C(\C)c1c(F)cccc1OC. The lowest BCUT2D eigenvalue weighted by Gasteiger charge is -2.15. The molecular formula is C25H26F2N2O3. The summed E-state index contributed by atoms with van der Waals surface area (Å²) in [5, 5.41) is 16.5. The average Bonchev–Trinajstić information content (AvgIpc) is 3.14. The molecule has 1 aliphatic rings. The molecule has 2 aromatic rings. The standard InChI is InChI=1S/C25H26F2N2O3/c1-5-14(2)11-21-18(12-15(3)23-19(26)7-6-8-22(23)32-4)24(29-28-21)16-9-10-17(25(30)31)20(27)13-16/h6-9,11-13,17H,5,10H2,1-4H3,(H,28,29)(H,30,31)/b14-11+,15-12+. The van der Waals surface area contributed by atoms with E-state index in [9.17, 15) is 18.7 Å². The van der Waals surface area contributed by atoms with Crippen molar-refractivity contribution < 1.29 is 23.4 Å². The predicted octanol–water partition coefficient (Wildman–Crippen LogP) is 6.27. The molecule has 3 rings (SSSR count). The second kappa shape index (κ2) is 9.77. The van der Waals surface area contributed by atoms with Gasteiger partial charge in [-0.1, -0.05) is 24.6 Å². The Bertz CT molecular complexity index is 1160. The second-order valence-corrected chi connectivity index (χ2v) is 7.70. The molecule has 1 aromatic heterocycles. The van der Waals surface area contributed by atoms with E-state index in [0.717, 1.165) is 12.0 Å². The first-order chi connectivity index (χ1) is 15.3. The summed E-state index contributed by atoms with van der Waals surface area (Å²) in [6.45, 7) is 5.78. The van der Waals surface area contributed by atoms with Crippen molar-refractivity contribution in [1.82, 2.24) is 10.2 Å². The van der Waals surface area contributed by atoms with E-state index in [2.05, 4.69) is 10.2 Å². The first-order valence-electron chi connectivity index (χ1n) is 10.3. The number of rotatable bonds is 7. The van der Waals surface area contributed by atoms with Crippen LogP contribution in [0.15, 0.2) is 41.8 Å². The number of ether oxygens (including phenoxy) is 1. The zero-order valence-electron chi connectivity index (χ0n) is 18.5. The molecule has 2 N–H and O–H groups in total. The van der Waals surface area contributed by atoms with Crippen LogP contribution in [0.1, 0.15) is 56.1 Å². The molecule has 0 saturated heterocycles. The minimum atomic E-state index is -1.21. The molecule has 0 amide bonds. The number of carboxylic acid groups (broad SMARTS) is 1. The van der Waals surface area contributed by atoms with Gasteiger partial charge in [-0.3, -0.25) is 9.89 Å². The Morgan fingerprint density at radius 1 is 1.31 bits per heavy atom. The van der Waals surface area contributed by atoms with Gasteiger partial charge >= 0.3 is 5.97 Å². The predicted molar refractivity (Wildman–Crippen MR) is 122 cm³/mol. The molecule has 32 heavy (non-hydrogen) atoms. The van der Waals surface area contributed by atoms with Crippen molar-refractivity contribution in [3.8, 4) is 5.75 Å². The highest BCUT2D eigenvalue weighted by Gasteiger charge is 2.27. The van der Waals surface area contributed by atoms with Crippen LogP contribution in [-0.2, 0) is 4.79 Å². The number of aliphatic carboxylic acids is 1. The van der Waals surface area contributed by atoms with E-state index in [0.29, 0.717) is 39.4 Å². The van der Waals surface area contributed by atoms with E-state index in [-0.39, 0.29) is 6.42 Å². The number of methoxy groups -OCH3 is 1.